The van der Waals surface area contributed by atoms with E-state index in [1.807, 2.05) is 6.20 Å². The minimum absolute atomic E-state index is 0.572. The topological polar surface area (TPSA) is 28.2 Å². The maximum atomic E-state index is 4.49. The summed E-state index contributed by atoms with van der Waals surface area (Å²) in [6, 6.07) is 4.31. The Bertz CT molecular complexity index is 391. The van der Waals surface area contributed by atoms with Gasteiger partial charge in [0.2, 0.25) is 0 Å². The first-order chi connectivity index (χ1) is 9.65. The van der Waals surface area contributed by atoms with Crippen LogP contribution >= 0.6 is 0 Å². The monoisotopic (exact) mass is 275 g/mol. The van der Waals surface area contributed by atoms with Crippen LogP contribution in [0.4, 0.5) is 5.82 Å². The molecule has 0 aromatic carbocycles. The van der Waals surface area contributed by atoms with E-state index in [2.05, 4.69) is 48.1 Å². The normalized spacial score (nSPS) is 18.9. The van der Waals surface area contributed by atoms with Crippen molar-refractivity contribution in [2.24, 2.45) is 5.41 Å². The van der Waals surface area contributed by atoms with Gasteiger partial charge in [0.05, 0.1) is 0 Å². The number of nitrogens with zero attached hydrogens (tertiary/aromatic N) is 2. The number of rotatable bonds is 6. The summed E-state index contributed by atoms with van der Waals surface area (Å²) in [6.07, 6.45) is 7.11. The van der Waals surface area contributed by atoms with Crippen molar-refractivity contribution >= 4 is 5.82 Å². The summed E-state index contributed by atoms with van der Waals surface area (Å²) >= 11 is 0. The molecule has 1 aromatic heterocycles. The molecule has 1 fully saturated rings. The number of anilines is 1. The summed E-state index contributed by atoms with van der Waals surface area (Å²) in [7, 11) is 0. The molecule has 0 aliphatic carbocycles. The lowest BCUT2D eigenvalue weighted by molar-refractivity contribution is 0.109. The van der Waals surface area contributed by atoms with Crippen LogP contribution < -0.4 is 5.32 Å². The average Bonchev–Trinajstić information content (AvgIpc) is 2.49. The van der Waals surface area contributed by atoms with Gasteiger partial charge in [0, 0.05) is 19.3 Å². The van der Waals surface area contributed by atoms with Gasteiger partial charge in [0.1, 0.15) is 5.82 Å². The first-order valence-electron chi connectivity index (χ1n) is 8.06. The number of likely N-dealkylation sites (tertiary alicyclic amines) is 1. The Morgan fingerprint density at radius 2 is 2.00 bits per heavy atom. The molecule has 1 N–H and O–H groups in total. The molecule has 112 valence electrons. The zero-order valence-electron chi connectivity index (χ0n) is 13.3. The molecule has 2 rings (SSSR count). The maximum absolute atomic E-state index is 4.49. The molecule has 0 bridgehead atoms. The molecule has 1 aliphatic heterocycles. The third-order valence-corrected chi connectivity index (χ3v) is 4.70. The van der Waals surface area contributed by atoms with Crippen LogP contribution in [0.5, 0.6) is 0 Å². The summed E-state index contributed by atoms with van der Waals surface area (Å²) in [4.78, 5) is 7.05. The van der Waals surface area contributed by atoms with E-state index < -0.39 is 0 Å². The minimum Gasteiger partial charge on any atom is -0.370 e. The Morgan fingerprint density at radius 3 is 2.55 bits per heavy atom. The summed E-state index contributed by atoms with van der Waals surface area (Å²) in [5.74, 6) is 0.993. The Balaban J connectivity index is 1.82. The molecule has 3 nitrogen and oxygen atoms in total. The smallest absolute Gasteiger partial charge is 0.125 e. The molecular formula is C17H29N3. The lowest BCUT2D eigenvalue weighted by Gasteiger charge is -2.38. The molecular weight excluding hydrogens is 246 g/mol. The van der Waals surface area contributed by atoms with Crippen LogP contribution in [-0.4, -0.2) is 29.5 Å². The largest absolute Gasteiger partial charge is 0.370 e. The van der Waals surface area contributed by atoms with Gasteiger partial charge in [-0.3, -0.25) is 4.90 Å². The number of hydrogen-bond donors (Lipinski definition) is 1. The molecule has 0 spiro atoms. The highest BCUT2D eigenvalue weighted by Crippen LogP contribution is 2.34. The summed E-state index contributed by atoms with van der Waals surface area (Å²) < 4.78 is 0. The summed E-state index contributed by atoms with van der Waals surface area (Å²) in [5, 5.41) is 3.32. The molecule has 0 radical (unpaired) electrons. The van der Waals surface area contributed by atoms with Gasteiger partial charge in [-0.25, -0.2) is 4.98 Å². The number of aromatic nitrogens is 1. The van der Waals surface area contributed by atoms with Crippen molar-refractivity contribution in [3.63, 3.8) is 0 Å². The maximum Gasteiger partial charge on any atom is 0.125 e. The van der Waals surface area contributed by atoms with Gasteiger partial charge in [0.25, 0.3) is 0 Å². The number of hydrogen-bond acceptors (Lipinski definition) is 3. The van der Waals surface area contributed by atoms with E-state index >= 15 is 0 Å². The minimum atomic E-state index is 0.572. The Hall–Kier alpha value is -1.09. The molecule has 0 amide bonds. The zero-order chi connectivity index (χ0) is 14.4. The van der Waals surface area contributed by atoms with Gasteiger partial charge in [-0.1, -0.05) is 33.3 Å². The molecule has 0 atom stereocenters. The highest BCUT2D eigenvalue weighted by molar-refractivity contribution is 5.35. The van der Waals surface area contributed by atoms with E-state index in [1.165, 1.54) is 37.9 Å². The fraction of sp³-hybridized carbons (Fsp3) is 0.706. The van der Waals surface area contributed by atoms with Crippen molar-refractivity contribution in [2.45, 2.75) is 53.0 Å². The quantitative estimate of drug-likeness (QED) is 0.853. The van der Waals surface area contributed by atoms with Crippen LogP contribution in [-0.2, 0) is 6.54 Å². The average molecular weight is 275 g/mol. The molecule has 20 heavy (non-hydrogen) atoms. The summed E-state index contributed by atoms with van der Waals surface area (Å²) in [5.41, 5.74) is 1.90. The van der Waals surface area contributed by atoms with Crippen molar-refractivity contribution in [1.82, 2.24) is 9.88 Å². The van der Waals surface area contributed by atoms with Crippen molar-refractivity contribution in [2.75, 3.05) is 25.0 Å². The molecule has 3 heteroatoms. The second-order valence-corrected chi connectivity index (χ2v) is 6.42. The van der Waals surface area contributed by atoms with Crippen molar-refractivity contribution in [3.8, 4) is 0 Å². The number of piperidine rings is 1. The predicted molar refractivity (Wildman–Crippen MR) is 85.9 cm³/mol. The Kier molecular flexibility index (Phi) is 5.41. The third kappa shape index (κ3) is 4.20. The van der Waals surface area contributed by atoms with E-state index in [9.17, 15) is 0 Å². The van der Waals surface area contributed by atoms with E-state index in [0.29, 0.717) is 5.41 Å². The Morgan fingerprint density at radius 1 is 1.25 bits per heavy atom. The lowest BCUT2D eigenvalue weighted by atomic mass is 9.78. The van der Waals surface area contributed by atoms with Gasteiger partial charge >= 0.3 is 0 Å². The molecule has 2 heterocycles. The number of pyridine rings is 1. The van der Waals surface area contributed by atoms with Gasteiger partial charge < -0.3 is 5.32 Å². The molecule has 1 aliphatic rings. The van der Waals surface area contributed by atoms with Crippen LogP contribution in [0.3, 0.4) is 0 Å². The second-order valence-electron chi connectivity index (χ2n) is 6.42. The highest BCUT2D eigenvalue weighted by Gasteiger charge is 2.27. The van der Waals surface area contributed by atoms with Gasteiger partial charge in [-0.2, -0.15) is 0 Å². The molecule has 1 aromatic rings. The highest BCUT2D eigenvalue weighted by atomic mass is 15.1. The van der Waals surface area contributed by atoms with Crippen molar-refractivity contribution < 1.29 is 0 Å². The van der Waals surface area contributed by atoms with E-state index in [4.69, 9.17) is 0 Å². The fourth-order valence-corrected chi connectivity index (χ4v) is 2.74. The fourth-order valence-electron chi connectivity index (χ4n) is 2.74. The van der Waals surface area contributed by atoms with Gasteiger partial charge in [-0.15, -0.1) is 0 Å². The van der Waals surface area contributed by atoms with Crippen LogP contribution in [0.2, 0.25) is 0 Å². The van der Waals surface area contributed by atoms with Crippen LogP contribution in [0.25, 0.3) is 0 Å². The predicted octanol–water partition coefficient (Wildman–Crippen LogP) is 3.92. The first-order valence-corrected chi connectivity index (χ1v) is 8.06. The zero-order valence-corrected chi connectivity index (χ0v) is 13.3. The van der Waals surface area contributed by atoms with Gasteiger partial charge in [-0.05, 0) is 49.4 Å². The third-order valence-electron chi connectivity index (χ3n) is 4.70. The van der Waals surface area contributed by atoms with Crippen molar-refractivity contribution in [3.05, 3.63) is 23.9 Å². The van der Waals surface area contributed by atoms with Crippen LogP contribution in [0.15, 0.2) is 18.3 Å². The van der Waals surface area contributed by atoms with Gasteiger partial charge in [0.15, 0.2) is 0 Å². The molecule has 1 saturated heterocycles. The SMILES string of the molecule is CCCNc1ccc(CN2CCC(C)(CC)CC2)cn1. The Labute approximate surface area is 123 Å². The van der Waals surface area contributed by atoms with E-state index in [0.717, 1.165) is 25.3 Å². The second kappa shape index (κ2) is 7.07. The first kappa shape index (κ1) is 15.3. The summed E-state index contributed by atoms with van der Waals surface area (Å²) in [6.45, 7) is 11.4. The lowest BCUT2D eigenvalue weighted by Crippen LogP contribution is -2.37. The van der Waals surface area contributed by atoms with E-state index in [1.54, 1.807) is 0 Å². The van der Waals surface area contributed by atoms with Crippen molar-refractivity contribution in [1.29, 1.82) is 0 Å². The number of nitrogens with one attached hydrogen (secondary N) is 1. The molecule has 0 unspecified atom stereocenters. The van der Waals surface area contributed by atoms with Crippen LogP contribution in [0, 0.1) is 5.41 Å². The molecule has 0 saturated carbocycles. The van der Waals surface area contributed by atoms with Crippen LogP contribution in [0.1, 0.15) is 52.0 Å². The van der Waals surface area contributed by atoms with E-state index in [-0.39, 0.29) is 0 Å². The standard InChI is InChI=1S/C17H29N3/c1-4-10-18-16-7-6-15(13-19-16)14-20-11-8-17(3,5-2)9-12-20/h6-7,13H,4-5,8-12,14H2,1-3H3,(H,18,19).